The van der Waals surface area contributed by atoms with Crippen LogP contribution in [-0.4, -0.2) is 41.0 Å². The van der Waals surface area contributed by atoms with Crippen molar-refractivity contribution in [3.05, 3.63) is 0 Å². The molecule has 328 valence electrons. The van der Waals surface area contributed by atoms with Crippen molar-refractivity contribution in [2.24, 2.45) is 5.92 Å². The number of unbranched alkanes of at least 4 members (excludes halogenated alkanes) is 32. The van der Waals surface area contributed by atoms with Crippen molar-refractivity contribution < 1.29 is 37.9 Å². The number of hydrogen-bond acceptors (Lipinski definition) is 6. The summed E-state index contributed by atoms with van der Waals surface area (Å²) in [6.07, 6.45) is 44.0. The zero-order valence-corrected chi connectivity index (χ0v) is 37.4. The molecule has 0 aromatic carbocycles. The predicted molar refractivity (Wildman–Crippen MR) is 230 cm³/mol. The van der Waals surface area contributed by atoms with Crippen LogP contribution in [0.2, 0.25) is 0 Å². The molecule has 0 amide bonds. The second kappa shape index (κ2) is 41.2. The number of hydrogen-bond donors (Lipinski definition) is 2. The van der Waals surface area contributed by atoms with E-state index < -0.39 is 32.5 Å². The summed E-state index contributed by atoms with van der Waals surface area (Å²) < 4.78 is 26.5. The van der Waals surface area contributed by atoms with Crippen LogP contribution in [0.1, 0.15) is 258 Å². The Morgan fingerprint density at radius 1 is 0.455 bits per heavy atom. The van der Waals surface area contributed by atoms with Gasteiger partial charge in [-0.15, -0.1) is 0 Å². The van der Waals surface area contributed by atoms with Gasteiger partial charge in [0, 0.05) is 12.8 Å². The number of esters is 2. The first-order valence-corrected chi connectivity index (χ1v) is 25.2. The van der Waals surface area contributed by atoms with Gasteiger partial charge in [-0.25, -0.2) is 4.57 Å². The van der Waals surface area contributed by atoms with Crippen molar-refractivity contribution in [2.45, 2.75) is 264 Å². The highest BCUT2D eigenvalue weighted by molar-refractivity contribution is 7.46. The van der Waals surface area contributed by atoms with Gasteiger partial charge in [-0.05, 0) is 18.8 Å². The Kier molecular flexibility index (Phi) is 40.5. The van der Waals surface area contributed by atoms with Gasteiger partial charge in [-0.2, -0.15) is 0 Å². The van der Waals surface area contributed by atoms with Gasteiger partial charge in [0.1, 0.15) is 6.61 Å². The molecule has 0 rings (SSSR count). The zero-order valence-electron chi connectivity index (χ0n) is 36.5. The van der Waals surface area contributed by atoms with Gasteiger partial charge >= 0.3 is 19.8 Å². The van der Waals surface area contributed by atoms with Gasteiger partial charge < -0.3 is 19.3 Å². The Balaban J connectivity index is 3.79. The molecule has 0 saturated carbocycles. The summed E-state index contributed by atoms with van der Waals surface area (Å²) in [5.41, 5.74) is 0. The minimum Gasteiger partial charge on any atom is -0.462 e. The first kappa shape index (κ1) is 54.0. The maximum Gasteiger partial charge on any atom is 0.469 e. The van der Waals surface area contributed by atoms with Gasteiger partial charge in [-0.3, -0.25) is 14.1 Å². The van der Waals surface area contributed by atoms with E-state index in [0.29, 0.717) is 6.42 Å². The minimum absolute atomic E-state index is 0.220. The second-order valence-electron chi connectivity index (χ2n) is 16.9. The first-order chi connectivity index (χ1) is 26.6. The Labute approximate surface area is 340 Å². The Hall–Kier alpha value is -0.950. The van der Waals surface area contributed by atoms with Crippen molar-refractivity contribution in [3.63, 3.8) is 0 Å². The molecule has 0 spiro atoms. The van der Waals surface area contributed by atoms with E-state index in [1.165, 1.54) is 186 Å². The number of carbonyl (C=O) groups excluding carboxylic acids is 2. The highest BCUT2D eigenvalue weighted by Crippen LogP contribution is 2.36. The highest BCUT2D eigenvalue weighted by atomic mass is 31.2. The van der Waals surface area contributed by atoms with E-state index in [-0.39, 0.29) is 19.4 Å². The lowest BCUT2D eigenvalue weighted by atomic mass is 10.0. The van der Waals surface area contributed by atoms with Crippen LogP contribution in [0.3, 0.4) is 0 Å². The molecule has 0 radical (unpaired) electrons. The third-order valence-corrected chi connectivity index (χ3v) is 11.3. The highest BCUT2D eigenvalue weighted by Gasteiger charge is 2.23. The number of carbonyl (C=O) groups is 2. The Morgan fingerprint density at radius 3 is 1.09 bits per heavy atom. The average Bonchev–Trinajstić information content (AvgIpc) is 3.14. The zero-order chi connectivity index (χ0) is 40.5. The molecule has 0 fully saturated rings. The normalized spacial score (nSPS) is 12.4. The second-order valence-corrected chi connectivity index (χ2v) is 18.2. The van der Waals surface area contributed by atoms with Gasteiger partial charge in [0.15, 0.2) is 6.10 Å². The standard InChI is InChI=1S/C46H91O8P/c1-4-5-6-7-8-9-10-11-12-18-21-24-27-30-33-36-39-45(47)52-41-44(42-53-55(49,50)51)54-46(48)40-37-34-31-28-25-22-19-16-14-13-15-17-20-23-26-29-32-35-38-43(2)3/h43-44H,4-42H2,1-3H3,(H2,49,50,51)/t44-/m1/s1. The van der Waals surface area contributed by atoms with E-state index in [2.05, 4.69) is 25.3 Å². The molecule has 0 aliphatic heterocycles. The SMILES string of the molecule is CCCCCCCCCCCCCCCCCCC(=O)OC[C@H](COP(=O)(O)O)OC(=O)CCCCCCCCCCCCCCCCCCCCC(C)C. The van der Waals surface area contributed by atoms with Crippen molar-refractivity contribution in [1.29, 1.82) is 0 Å². The van der Waals surface area contributed by atoms with Crippen LogP contribution < -0.4 is 0 Å². The lowest BCUT2D eigenvalue weighted by Gasteiger charge is -2.18. The summed E-state index contributed by atoms with van der Waals surface area (Å²) in [5.74, 6) is -0.0151. The van der Waals surface area contributed by atoms with E-state index in [1.54, 1.807) is 0 Å². The molecule has 0 aliphatic carbocycles. The lowest BCUT2D eigenvalue weighted by molar-refractivity contribution is -0.161. The molecule has 0 aromatic rings. The summed E-state index contributed by atoms with van der Waals surface area (Å²) in [6.45, 7) is 6.09. The fourth-order valence-corrected chi connectivity index (χ4v) is 7.63. The topological polar surface area (TPSA) is 119 Å². The quantitative estimate of drug-likeness (QED) is 0.0355. The summed E-state index contributed by atoms with van der Waals surface area (Å²) in [4.78, 5) is 43.0. The summed E-state index contributed by atoms with van der Waals surface area (Å²) in [5, 5.41) is 0. The van der Waals surface area contributed by atoms with Crippen LogP contribution in [-0.2, 0) is 28.2 Å². The first-order valence-electron chi connectivity index (χ1n) is 23.7. The molecule has 1 atom stereocenters. The van der Waals surface area contributed by atoms with E-state index in [4.69, 9.17) is 19.3 Å². The average molecular weight is 803 g/mol. The fourth-order valence-electron chi connectivity index (χ4n) is 7.27. The predicted octanol–water partition coefficient (Wildman–Crippen LogP) is 14.7. The minimum atomic E-state index is -4.75. The smallest absolute Gasteiger partial charge is 0.462 e. The van der Waals surface area contributed by atoms with Crippen molar-refractivity contribution in [3.8, 4) is 0 Å². The van der Waals surface area contributed by atoms with Gasteiger partial charge in [0.25, 0.3) is 0 Å². The van der Waals surface area contributed by atoms with Crippen LogP contribution in [0.5, 0.6) is 0 Å². The number of ether oxygens (including phenoxy) is 2. The van der Waals surface area contributed by atoms with Crippen molar-refractivity contribution >= 4 is 19.8 Å². The lowest BCUT2D eigenvalue weighted by Crippen LogP contribution is -2.29. The third-order valence-electron chi connectivity index (χ3n) is 10.8. The maximum absolute atomic E-state index is 12.4. The molecule has 0 heterocycles. The fraction of sp³-hybridized carbons (Fsp3) is 0.957. The summed E-state index contributed by atoms with van der Waals surface area (Å²) in [7, 11) is -4.75. The molecule has 55 heavy (non-hydrogen) atoms. The monoisotopic (exact) mass is 803 g/mol. The van der Waals surface area contributed by atoms with Crippen LogP contribution >= 0.6 is 7.82 Å². The molecular formula is C46H91O8P. The summed E-state index contributed by atoms with van der Waals surface area (Å²) >= 11 is 0. The van der Waals surface area contributed by atoms with Crippen molar-refractivity contribution in [1.82, 2.24) is 0 Å². The molecule has 0 saturated heterocycles. The van der Waals surface area contributed by atoms with Gasteiger partial charge in [0.05, 0.1) is 6.61 Å². The molecule has 0 aromatic heterocycles. The van der Waals surface area contributed by atoms with Crippen LogP contribution in [0.25, 0.3) is 0 Å². The molecule has 8 nitrogen and oxygen atoms in total. The largest absolute Gasteiger partial charge is 0.469 e. The number of rotatable bonds is 44. The van der Waals surface area contributed by atoms with Crippen LogP contribution in [0.15, 0.2) is 0 Å². The van der Waals surface area contributed by atoms with E-state index in [1.807, 2.05) is 0 Å². The number of phosphoric acid groups is 1. The van der Waals surface area contributed by atoms with Crippen LogP contribution in [0.4, 0.5) is 0 Å². The summed E-state index contributed by atoms with van der Waals surface area (Å²) in [6, 6.07) is 0. The van der Waals surface area contributed by atoms with Crippen LogP contribution in [0, 0.1) is 5.92 Å². The molecule has 0 aliphatic rings. The Bertz CT molecular complexity index is 876. The molecule has 2 N–H and O–H groups in total. The van der Waals surface area contributed by atoms with E-state index in [0.717, 1.165) is 38.0 Å². The molecule has 0 unspecified atom stereocenters. The van der Waals surface area contributed by atoms with E-state index >= 15 is 0 Å². The maximum atomic E-state index is 12.4. The Morgan fingerprint density at radius 2 is 0.764 bits per heavy atom. The third kappa shape index (κ3) is 45.6. The van der Waals surface area contributed by atoms with Crippen molar-refractivity contribution in [2.75, 3.05) is 13.2 Å². The van der Waals surface area contributed by atoms with Gasteiger partial charge in [-0.1, -0.05) is 233 Å². The number of phosphoric ester groups is 1. The van der Waals surface area contributed by atoms with Gasteiger partial charge in [0.2, 0.25) is 0 Å². The molecular weight excluding hydrogens is 711 g/mol. The van der Waals surface area contributed by atoms with E-state index in [9.17, 15) is 14.2 Å². The molecule has 0 bridgehead atoms. The molecule has 9 heteroatoms.